The molecule has 1 heterocycles. The minimum absolute atomic E-state index is 0.176. The first kappa shape index (κ1) is 19.2. The molecule has 0 amide bonds. The first-order valence-electron chi connectivity index (χ1n) is 8.08. The second kappa shape index (κ2) is 7.41. The van der Waals surface area contributed by atoms with Gasteiger partial charge in [-0.15, -0.1) is 0 Å². The second-order valence-corrected chi connectivity index (χ2v) is 7.93. The van der Waals surface area contributed by atoms with Crippen molar-refractivity contribution in [3.63, 3.8) is 0 Å². The average Bonchev–Trinajstić information content (AvgIpc) is 2.52. The van der Waals surface area contributed by atoms with Crippen molar-refractivity contribution in [1.82, 2.24) is 9.62 Å². The van der Waals surface area contributed by atoms with Crippen LogP contribution in [-0.4, -0.2) is 38.4 Å². The SMILES string of the molecule is CCCN(C1CCNCC1)S(=O)(=O)c1cc(C(F)(F)F)ccc1C. The molecule has 0 aliphatic carbocycles. The van der Waals surface area contributed by atoms with Gasteiger partial charge >= 0.3 is 6.18 Å². The van der Waals surface area contributed by atoms with Crippen LogP contribution in [0.25, 0.3) is 0 Å². The predicted octanol–water partition coefficient (Wildman–Crippen LogP) is 3.17. The minimum Gasteiger partial charge on any atom is -0.317 e. The molecule has 24 heavy (non-hydrogen) atoms. The smallest absolute Gasteiger partial charge is 0.317 e. The number of aryl methyl sites for hydroxylation is 1. The summed E-state index contributed by atoms with van der Waals surface area (Å²) < 4.78 is 66.4. The lowest BCUT2D eigenvalue weighted by Crippen LogP contribution is -2.46. The van der Waals surface area contributed by atoms with Crippen LogP contribution >= 0.6 is 0 Å². The predicted molar refractivity (Wildman–Crippen MR) is 86.3 cm³/mol. The number of nitrogens with one attached hydrogen (secondary N) is 1. The van der Waals surface area contributed by atoms with Crippen LogP contribution in [0.3, 0.4) is 0 Å². The van der Waals surface area contributed by atoms with E-state index >= 15 is 0 Å². The van der Waals surface area contributed by atoms with Gasteiger partial charge in [0.15, 0.2) is 0 Å². The van der Waals surface area contributed by atoms with Crippen LogP contribution in [0.4, 0.5) is 13.2 Å². The maximum Gasteiger partial charge on any atom is 0.416 e. The Labute approximate surface area is 141 Å². The van der Waals surface area contributed by atoms with Gasteiger partial charge in [-0.25, -0.2) is 8.42 Å². The molecule has 0 spiro atoms. The molecule has 0 bridgehead atoms. The van der Waals surface area contributed by atoms with E-state index in [1.807, 2.05) is 6.92 Å². The molecule has 1 aromatic carbocycles. The van der Waals surface area contributed by atoms with Crippen molar-refractivity contribution < 1.29 is 21.6 Å². The summed E-state index contributed by atoms with van der Waals surface area (Å²) in [7, 11) is -3.97. The lowest BCUT2D eigenvalue weighted by Gasteiger charge is -2.34. The van der Waals surface area contributed by atoms with E-state index in [-0.39, 0.29) is 10.9 Å². The number of halogens is 3. The lowest BCUT2D eigenvalue weighted by atomic mass is 10.1. The van der Waals surface area contributed by atoms with Gasteiger partial charge in [0.05, 0.1) is 10.5 Å². The van der Waals surface area contributed by atoms with E-state index < -0.39 is 21.8 Å². The third-order valence-corrected chi connectivity index (χ3v) is 6.36. The first-order chi connectivity index (χ1) is 11.2. The summed E-state index contributed by atoms with van der Waals surface area (Å²) in [6, 6.07) is 2.73. The number of alkyl halides is 3. The molecule has 1 fully saturated rings. The van der Waals surface area contributed by atoms with Crippen LogP contribution in [0.5, 0.6) is 0 Å². The van der Waals surface area contributed by atoms with E-state index in [0.29, 0.717) is 44.5 Å². The molecule has 1 saturated heterocycles. The third kappa shape index (κ3) is 4.10. The highest BCUT2D eigenvalue weighted by molar-refractivity contribution is 7.89. The fraction of sp³-hybridized carbons (Fsp3) is 0.625. The van der Waals surface area contributed by atoms with Crippen LogP contribution < -0.4 is 5.32 Å². The quantitative estimate of drug-likeness (QED) is 0.873. The minimum atomic E-state index is -4.57. The van der Waals surface area contributed by atoms with Crippen molar-refractivity contribution in [2.75, 3.05) is 19.6 Å². The van der Waals surface area contributed by atoms with E-state index in [4.69, 9.17) is 0 Å². The summed E-state index contributed by atoms with van der Waals surface area (Å²) >= 11 is 0. The summed E-state index contributed by atoms with van der Waals surface area (Å²) in [4.78, 5) is -0.246. The Morgan fingerprint density at radius 2 is 1.88 bits per heavy atom. The number of sulfonamides is 1. The largest absolute Gasteiger partial charge is 0.416 e. The van der Waals surface area contributed by atoms with Gasteiger partial charge in [0.2, 0.25) is 10.0 Å². The summed E-state index contributed by atoms with van der Waals surface area (Å²) in [5.74, 6) is 0. The standard InChI is InChI=1S/C16H23F3N2O2S/c1-3-10-21(14-6-8-20-9-7-14)24(22,23)15-11-13(16(17,18)19)5-4-12(15)2/h4-5,11,14,20H,3,6-10H2,1-2H3. The van der Waals surface area contributed by atoms with Gasteiger partial charge in [-0.2, -0.15) is 17.5 Å². The lowest BCUT2D eigenvalue weighted by molar-refractivity contribution is -0.137. The summed E-state index contributed by atoms with van der Waals surface area (Å²) in [6.45, 7) is 5.12. The van der Waals surface area contributed by atoms with Crippen molar-refractivity contribution in [1.29, 1.82) is 0 Å². The molecule has 0 unspecified atom stereocenters. The zero-order chi connectivity index (χ0) is 18.0. The molecular formula is C16H23F3N2O2S. The van der Waals surface area contributed by atoms with Crippen molar-refractivity contribution in [2.24, 2.45) is 0 Å². The van der Waals surface area contributed by atoms with E-state index in [1.54, 1.807) is 0 Å². The molecule has 1 aromatic rings. The van der Waals surface area contributed by atoms with Gasteiger partial charge in [0.25, 0.3) is 0 Å². The topological polar surface area (TPSA) is 49.4 Å². The fourth-order valence-corrected chi connectivity index (χ4v) is 5.02. The Morgan fingerprint density at radius 3 is 2.42 bits per heavy atom. The maximum atomic E-state index is 13.1. The highest BCUT2D eigenvalue weighted by Gasteiger charge is 2.36. The second-order valence-electron chi connectivity index (χ2n) is 6.07. The van der Waals surface area contributed by atoms with E-state index in [9.17, 15) is 21.6 Å². The Hall–Kier alpha value is -1.12. The van der Waals surface area contributed by atoms with Gasteiger partial charge in [-0.05, 0) is 57.0 Å². The molecule has 2 rings (SSSR count). The van der Waals surface area contributed by atoms with Crippen LogP contribution in [-0.2, 0) is 16.2 Å². The van der Waals surface area contributed by atoms with Gasteiger partial charge in [-0.1, -0.05) is 13.0 Å². The molecule has 0 atom stereocenters. The zero-order valence-corrected chi connectivity index (χ0v) is 14.7. The average molecular weight is 364 g/mol. The van der Waals surface area contributed by atoms with Gasteiger partial charge in [-0.3, -0.25) is 0 Å². The molecule has 0 radical (unpaired) electrons. The van der Waals surface area contributed by atoms with Crippen molar-refractivity contribution >= 4 is 10.0 Å². The fourth-order valence-electron chi connectivity index (χ4n) is 2.99. The van der Waals surface area contributed by atoms with Crippen LogP contribution in [0.15, 0.2) is 23.1 Å². The summed E-state index contributed by atoms with van der Waals surface area (Å²) in [5, 5.41) is 3.17. The number of hydrogen-bond acceptors (Lipinski definition) is 3. The first-order valence-corrected chi connectivity index (χ1v) is 9.52. The number of hydrogen-bond donors (Lipinski definition) is 1. The Morgan fingerprint density at radius 1 is 1.25 bits per heavy atom. The molecule has 1 N–H and O–H groups in total. The normalized spacial score (nSPS) is 17.4. The van der Waals surface area contributed by atoms with Gasteiger partial charge in [0.1, 0.15) is 0 Å². The highest BCUT2D eigenvalue weighted by Crippen LogP contribution is 2.33. The van der Waals surface area contributed by atoms with Gasteiger partial charge < -0.3 is 5.32 Å². The van der Waals surface area contributed by atoms with Crippen LogP contribution in [0, 0.1) is 6.92 Å². The Bertz CT molecular complexity index is 668. The molecule has 0 aromatic heterocycles. The van der Waals surface area contributed by atoms with E-state index in [0.717, 1.165) is 12.1 Å². The molecule has 1 aliphatic heterocycles. The number of piperidine rings is 1. The van der Waals surface area contributed by atoms with Crippen molar-refractivity contribution in [3.8, 4) is 0 Å². The monoisotopic (exact) mass is 364 g/mol. The zero-order valence-electron chi connectivity index (χ0n) is 13.9. The van der Waals surface area contributed by atoms with Gasteiger partial charge in [0, 0.05) is 12.6 Å². The maximum absolute atomic E-state index is 13.1. The molecule has 0 saturated carbocycles. The molecule has 136 valence electrons. The van der Waals surface area contributed by atoms with Crippen molar-refractivity contribution in [3.05, 3.63) is 29.3 Å². The van der Waals surface area contributed by atoms with Crippen LogP contribution in [0.1, 0.15) is 37.3 Å². The molecule has 8 heteroatoms. The Balaban J connectivity index is 2.46. The summed E-state index contributed by atoms with van der Waals surface area (Å²) in [6.07, 6.45) is -2.63. The van der Waals surface area contributed by atoms with E-state index in [1.165, 1.54) is 17.3 Å². The number of benzene rings is 1. The molecule has 1 aliphatic rings. The Kier molecular flexibility index (Phi) is 5.93. The number of nitrogens with zero attached hydrogens (tertiary/aromatic N) is 1. The third-order valence-electron chi connectivity index (χ3n) is 4.26. The van der Waals surface area contributed by atoms with E-state index in [2.05, 4.69) is 5.32 Å². The molecular weight excluding hydrogens is 341 g/mol. The molecule has 4 nitrogen and oxygen atoms in total. The highest BCUT2D eigenvalue weighted by atomic mass is 32.2. The number of rotatable bonds is 5. The van der Waals surface area contributed by atoms with Crippen LogP contribution in [0.2, 0.25) is 0 Å². The van der Waals surface area contributed by atoms with Crippen molar-refractivity contribution in [2.45, 2.75) is 50.2 Å². The summed E-state index contributed by atoms with van der Waals surface area (Å²) in [5.41, 5.74) is -0.605.